The van der Waals surface area contributed by atoms with Crippen molar-refractivity contribution < 1.29 is 18.0 Å². The lowest BCUT2D eigenvalue weighted by atomic mass is 10.2. The van der Waals surface area contributed by atoms with E-state index in [1.54, 1.807) is 48.5 Å². The lowest BCUT2D eigenvalue weighted by molar-refractivity contribution is -0.124. The third kappa shape index (κ3) is 5.32. The Balaban J connectivity index is 1.84. The van der Waals surface area contributed by atoms with Crippen LogP contribution in [0.2, 0.25) is 0 Å². The molecule has 0 atom stereocenters. The first-order valence-electron chi connectivity index (χ1n) is 6.89. The summed E-state index contributed by atoms with van der Waals surface area (Å²) in [5.41, 5.74) is 0.579. The number of hydrogen-bond acceptors (Lipinski definition) is 4. The summed E-state index contributed by atoms with van der Waals surface area (Å²) in [7, 11) is -3.75. The van der Waals surface area contributed by atoms with Crippen molar-refractivity contribution >= 4 is 27.4 Å². The molecule has 0 bridgehead atoms. The van der Waals surface area contributed by atoms with Gasteiger partial charge in [0.05, 0.1) is 17.9 Å². The quantitative estimate of drug-likeness (QED) is 0.753. The van der Waals surface area contributed by atoms with Crippen LogP contribution in [0.4, 0.5) is 5.69 Å². The summed E-state index contributed by atoms with van der Waals surface area (Å²) >= 11 is 0. The molecule has 0 saturated carbocycles. The van der Waals surface area contributed by atoms with Gasteiger partial charge < -0.3 is 5.32 Å². The maximum atomic E-state index is 11.9. The van der Waals surface area contributed by atoms with E-state index in [4.69, 9.17) is 0 Å². The smallest absolute Gasteiger partial charge is 0.240 e. The highest BCUT2D eigenvalue weighted by Crippen LogP contribution is 2.07. The molecule has 0 aliphatic rings. The highest BCUT2D eigenvalue weighted by molar-refractivity contribution is 7.89. The van der Waals surface area contributed by atoms with Crippen molar-refractivity contribution in [3.8, 4) is 0 Å². The molecule has 7 heteroatoms. The van der Waals surface area contributed by atoms with Crippen LogP contribution in [-0.4, -0.2) is 26.7 Å². The van der Waals surface area contributed by atoms with E-state index in [0.717, 1.165) is 0 Å². The summed E-state index contributed by atoms with van der Waals surface area (Å²) in [6.07, 6.45) is -0.397. The van der Waals surface area contributed by atoms with Crippen LogP contribution in [0.1, 0.15) is 6.42 Å². The standard InChI is InChI=1S/C16H16N2O4S/c19-14(11-16(20)18-13-7-3-1-4-8-13)12-17-23(21,22)15-9-5-2-6-10-15/h1-10,17H,11-12H2,(H,18,20). The Labute approximate surface area is 134 Å². The Morgan fingerprint density at radius 1 is 0.870 bits per heavy atom. The van der Waals surface area contributed by atoms with Crippen LogP contribution in [0.3, 0.4) is 0 Å². The van der Waals surface area contributed by atoms with Gasteiger partial charge in [0.1, 0.15) is 0 Å². The number of para-hydroxylation sites is 1. The molecule has 23 heavy (non-hydrogen) atoms. The number of rotatable bonds is 7. The van der Waals surface area contributed by atoms with Gasteiger partial charge in [-0.05, 0) is 24.3 Å². The van der Waals surface area contributed by atoms with Crippen LogP contribution in [0.25, 0.3) is 0 Å². The lowest BCUT2D eigenvalue weighted by Crippen LogP contribution is -2.31. The highest BCUT2D eigenvalue weighted by Gasteiger charge is 2.16. The van der Waals surface area contributed by atoms with Crippen LogP contribution in [-0.2, 0) is 19.6 Å². The van der Waals surface area contributed by atoms with E-state index in [-0.39, 0.29) is 4.90 Å². The SMILES string of the molecule is O=C(CNS(=O)(=O)c1ccccc1)CC(=O)Nc1ccccc1. The fourth-order valence-electron chi connectivity index (χ4n) is 1.83. The summed E-state index contributed by atoms with van der Waals surface area (Å²) in [5, 5.41) is 2.56. The topological polar surface area (TPSA) is 92.3 Å². The Hall–Kier alpha value is -2.51. The molecule has 0 fully saturated rings. The Morgan fingerprint density at radius 2 is 1.43 bits per heavy atom. The summed E-state index contributed by atoms with van der Waals surface area (Å²) in [4.78, 5) is 23.5. The van der Waals surface area contributed by atoms with Gasteiger partial charge in [0, 0.05) is 5.69 Å². The van der Waals surface area contributed by atoms with Gasteiger partial charge in [0.2, 0.25) is 15.9 Å². The minimum Gasteiger partial charge on any atom is -0.326 e. The second-order valence-corrected chi connectivity index (χ2v) is 6.53. The minimum absolute atomic E-state index is 0.0709. The normalized spacial score (nSPS) is 11.0. The molecule has 0 saturated heterocycles. The second-order valence-electron chi connectivity index (χ2n) is 4.77. The Kier molecular flexibility index (Phi) is 5.61. The van der Waals surface area contributed by atoms with Crippen molar-refractivity contribution in [2.24, 2.45) is 0 Å². The van der Waals surface area contributed by atoms with E-state index in [2.05, 4.69) is 10.0 Å². The molecule has 2 rings (SSSR count). The first-order valence-corrected chi connectivity index (χ1v) is 8.37. The number of carbonyl (C=O) groups is 2. The van der Waals surface area contributed by atoms with Crippen molar-refractivity contribution in [3.63, 3.8) is 0 Å². The average Bonchev–Trinajstić information content (AvgIpc) is 2.55. The molecule has 1 amide bonds. The summed E-state index contributed by atoms with van der Waals surface area (Å²) in [6.45, 7) is -0.431. The van der Waals surface area contributed by atoms with Crippen LogP contribution in [0.5, 0.6) is 0 Å². The fourth-order valence-corrected chi connectivity index (χ4v) is 2.86. The molecule has 2 aromatic rings. The molecular formula is C16H16N2O4S. The largest absolute Gasteiger partial charge is 0.326 e. The fraction of sp³-hybridized carbons (Fsp3) is 0.125. The zero-order valence-corrected chi connectivity index (χ0v) is 13.0. The zero-order chi connectivity index (χ0) is 16.7. The molecule has 0 radical (unpaired) electrons. The number of carbonyl (C=O) groups excluding carboxylic acids is 2. The van der Waals surface area contributed by atoms with E-state index >= 15 is 0 Å². The second kappa shape index (κ2) is 7.66. The van der Waals surface area contributed by atoms with Crippen LogP contribution in [0, 0.1) is 0 Å². The van der Waals surface area contributed by atoms with Crippen molar-refractivity contribution in [1.29, 1.82) is 0 Å². The van der Waals surface area contributed by atoms with E-state index in [1.807, 2.05) is 0 Å². The molecule has 0 aromatic heterocycles. The van der Waals surface area contributed by atoms with E-state index < -0.39 is 34.7 Å². The predicted octanol–water partition coefficient (Wildman–Crippen LogP) is 1.56. The first-order chi connectivity index (χ1) is 11.0. The number of hydrogen-bond donors (Lipinski definition) is 2. The molecule has 120 valence electrons. The number of anilines is 1. The highest BCUT2D eigenvalue weighted by atomic mass is 32.2. The summed E-state index contributed by atoms with van der Waals surface area (Å²) < 4.78 is 26.1. The number of nitrogens with one attached hydrogen (secondary N) is 2. The van der Waals surface area contributed by atoms with Gasteiger partial charge in [-0.3, -0.25) is 9.59 Å². The van der Waals surface area contributed by atoms with E-state index in [1.165, 1.54) is 12.1 Å². The number of amides is 1. The maximum Gasteiger partial charge on any atom is 0.240 e. The van der Waals surface area contributed by atoms with Gasteiger partial charge in [-0.15, -0.1) is 0 Å². The monoisotopic (exact) mass is 332 g/mol. The molecule has 0 heterocycles. The van der Waals surface area contributed by atoms with Gasteiger partial charge in [0.15, 0.2) is 5.78 Å². The molecule has 0 aliphatic carbocycles. The first kappa shape index (κ1) is 16.9. The Morgan fingerprint density at radius 3 is 2.04 bits per heavy atom. The lowest BCUT2D eigenvalue weighted by Gasteiger charge is -2.07. The predicted molar refractivity (Wildman–Crippen MR) is 86.3 cm³/mol. The van der Waals surface area contributed by atoms with Gasteiger partial charge in [-0.25, -0.2) is 13.1 Å². The molecule has 0 unspecified atom stereocenters. The van der Waals surface area contributed by atoms with Gasteiger partial charge in [-0.1, -0.05) is 36.4 Å². The van der Waals surface area contributed by atoms with Crippen molar-refractivity contribution in [2.45, 2.75) is 11.3 Å². The number of benzene rings is 2. The van der Waals surface area contributed by atoms with Crippen LogP contribution >= 0.6 is 0 Å². The van der Waals surface area contributed by atoms with Crippen molar-refractivity contribution in [2.75, 3.05) is 11.9 Å². The van der Waals surface area contributed by atoms with Gasteiger partial charge in [0.25, 0.3) is 0 Å². The van der Waals surface area contributed by atoms with E-state index in [0.29, 0.717) is 5.69 Å². The number of sulfonamides is 1. The third-order valence-electron chi connectivity index (χ3n) is 2.93. The molecule has 0 aliphatic heterocycles. The van der Waals surface area contributed by atoms with Crippen molar-refractivity contribution in [1.82, 2.24) is 4.72 Å². The molecule has 6 nitrogen and oxygen atoms in total. The molecule has 2 aromatic carbocycles. The maximum absolute atomic E-state index is 11.9. The summed E-state index contributed by atoms with van der Waals surface area (Å²) in [6, 6.07) is 16.4. The molecule has 2 N–H and O–H groups in total. The number of Topliss-reactive ketones (excluding diaryl/α,β-unsaturated/α-hetero) is 1. The Bertz CT molecular complexity index is 774. The van der Waals surface area contributed by atoms with Gasteiger partial charge >= 0.3 is 0 Å². The minimum atomic E-state index is -3.75. The van der Waals surface area contributed by atoms with E-state index in [9.17, 15) is 18.0 Å². The zero-order valence-electron chi connectivity index (χ0n) is 12.2. The molecule has 0 spiro atoms. The van der Waals surface area contributed by atoms with Gasteiger partial charge in [-0.2, -0.15) is 0 Å². The van der Waals surface area contributed by atoms with Crippen molar-refractivity contribution in [3.05, 3.63) is 60.7 Å². The number of ketones is 1. The van der Waals surface area contributed by atoms with Crippen LogP contribution in [0.15, 0.2) is 65.6 Å². The average molecular weight is 332 g/mol. The van der Waals surface area contributed by atoms with Crippen LogP contribution < -0.4 is 10.0 Å². The summed E-state index contributed by atoms with van der Waals surface area (Å²) in [5.74, 6) is -1.00. The molecular weight excluding hydrogens is 316 g/mol. The third-order valence-corrected chi connectivity index (χ3v) is 4.35.